The highest BCUT2D eigenvalue weighted by molar-refractivity contribution is 6.07. The minimum absolute atomic E-state index is 0.113. The molecule has 1 heterocycles. The molecule has 1 saturated heterocycles. The van der Waals surface area contributed by atoms with E-state index in [4.69, 9.17) is 9.47 Å². The topological polar surface area (TPSA) is 111 Å². The fourth-order valence-electron chi connectivity index (χ4n) is 3.43. The summed E-state index contributed by atoms with van der Waals surface area (Å²) in [5, 5.41) is 13.7. The third-order valence-corrected chi connectivity index (χ3v) is 5.08. The molecule has 9 nitrogen and oxygen atoms in total. The number of likely N-dealkylation sites (tertiary alicyclic amines) is 1. The average molecular weight is 427 g/mol. The maximum atomic E-state index is 12.9. The Bertz CT molecular complexity index is 954. The second-order valence-corrected chi connectivity index (χ2v) is 7.18. The zero-order chi connectivity index (χ0) is 22.2. The average Bonchev–Trinajstić information content (AvgIpc) is 3.07. The standard InChI is InChI=1S/C22H25N3O6/c1-30-20-11-10-16(25(28)29)14-18(20)23-22(27)17-8-4-5-9-19(17)31-15-21(26)24-12-6-2-3-7-13-24/h4-5,8-11,14H,2-3,6-7,12-13,15H2,1H3,(H,23,27). The van der Waals surface area contributed by atoms with Gasteiger partial charge >= 0.3 is 0 Å². The van der Waals surface area contributed by atoms with Crippen LogP contribution in [0.3, 0.4) is 0 Å². The zero-order valence-electron chi connectivity index (χ0n) is 17.3. The lowest BCUT2D eigenvalue weighted by Gasteiger charge is -2.20. The van der Waals surface area contributed by atoms with Gasteiger partial charge in [-0.15, -0.1) is 0 Å². The lowest BCUT2D eigenvalue weighted by Crippen LogP contribution is -2.35. The van der Waals surface area contributed by atoms with E-state index in [1.54, 1.807) is 29.2 Å². The second-order valence-electron chi connectivity index (χ2n) is 7.18. The van der Waals surface area contributed by atoms with Crippen LogP contribution in [-0.4, -0.2) is 48.4 Å². The Balaban J connectivity index is 1.72. The highest BCUT2D eigenvalue weighted by Gasteiger charge is 2.20. The molecule has 2 aromatic carbocycles. The summed E-state index contributed by atoms with van der Waals surface area (Å²) in [5.74, 6) is -0.102. The highest BCUT2D eigenvalue weighted by atomic mass is 16.6. The summed E-state index contributed by atoms with van der Waals surface area (Å²) in [6, 6.07) is 10.5. The molecule has 0 unspecified atom stereocenters. The van der Waals surface area contributed by atoms with Gasteiger partial charge in [0.1, 0.15) is 11.5 Å². The van der Waals surface area contributed by atoms with Crippen LogP contribution in [0.25, 0.3) is 0 Å². The number of para-hydroxylation sites is 1. The Morgan fingerprint density at radius 3 is 2.45 bits per heavy atom. The van der Waals surface area contributed by atoms with Gasteiger partial charge in [-0.25, -0.2) is 0 Å². The maximum Gasteiger partial charge on any atom is 0.271 e. The van der Waals surface area contributed by atoms with Gasteiger partial charge in [-0.2, -0.15) is 0 Å². The van der Waals surface area contributed by atoms with Gasteiger partial charge in [-0.05, 0) is 31.0 Å². The van der Waals surface area contributed by atoms with Gasteiger partial charge in [0.2, 0.25) is 0 Å². The van der Waals surface area contributed by atoms with E-state index in [0.29, 0.717) is 0 Å². The van der Waals surface area contributed by atoms with Crippen molar-refractivity contribution in [2.75, 3.05) is 32.1 Å². The Labute approximate surface area is 180 Å². The first-order chi connectivity index (χ1) is 15.0. The van der Waals surface area contributed by atoms with Crippen LogP contribution in [0.4, 0.5) is 11.4 Å². The van der Waals surface area contributed by atoms with Crippen LogP contribution in [0.15, 0.2) is 42.5 Å². The molecule has 9 heteroatoms. The van der Waals surface area contributed by atoms with Gasteiger partial charge in [0.15, 0.2) is 6.61 Å². The summed E-state index contributed by atoms with van der Waals surface area (Å²) < 4.78 is 10.9. The van der Waals surface area contributed by atoms with E-state index in [0.717, 1.165) is 38.8 Å². The van der Waals surface area contributed by atoms with Crippen molar-refractivity contribution < 1.29 is 24.0 Å². The Hall–Kier alpha value is -3.62. The van der Waals surface area contributed by atoms with E-state index in [2.05, 4.69) is 5.32 Å². The first-order valence-electron chi connectivity index (χ1n) is 10.1. The predicted octanol–water partition coefficient (Wildman–Crippen LogP) is 3.64. The molecule has 0 spiro atoms. The van der Waals surface area contributed by atoms with Crippen molar-refractivity contribution in [1.29, 1.82) is 0 Å². The fourth-order valence-corrected chi connectivity index (χ4v) is 3.43. The van der Waals surface area contributed by atoms with Crippen molar-refractivity contribution in [3.05, 3.63) is 58.1 Å². The second kappa shape index (κ2) is 10.4. The maximum absolute atomic E-state index is 12.9. The minimum atomic E-state index is -0.555. The van der Waals surface area contributed by atoms with Gasteiger partial charge in [0.25, 0.3) is 17.5 Å². The molecule has 0 aliphatic carbocycles. The predicted molar refractivity (Wildman–Crippen MR) is 115 cm³/mol. The molecule has 0 saturated carbocycles. The number of nitro groups is 1. The molecule has 1 aliphatic rings. The van der Waals surface area contributed by atoms with Crippen LogP contribution < -0.4 is 14.8 Å². The highest BCUT2D eigenvalue weighted by Crippen LogP contribution is 2.30. The first-order valence-corrected chi connectivity index (χ1v) is 10.1. The molecular weight excluding hydrogens is 402 g/mol. The number of hydrogen-bond donors (Lipinski definition) is 1. The number of anilines is 1. The van der Waals surface area contributed by atoms with Crippen LogP contribution in [0.1, 0.15) is 36.0 Å². The van der Waals surface area contributed by atoms with Gasteiger partial charge in [-0.1, -0.05) is 25.0 Å². The van der Waals surface area contributed by atoms with E-state index >= 15 is 0 Å². The number of hydrogen-bond acceptors (Lipinski definition) is 6. The molecule has 164 valence electrons. The fraction of sp³-hybridized carbons (Fsp3) is 0.364. The quantitative estimate of drug-likeness (QED) is 0.533. The number of nitrogens with zero attached hydrogens (tertiary/aromatic N) is 2. The lowest BCUT2D eigenvalue weighted by molar-refractivity contribution is -0.384. The van der Waals surface area contributed by atoms with Gasteiger partial charge < -0.3 is 19.7 Å². The molecule has 0 atom stereocenters. The number of rotatable bonds is 7. The monoisotopic (exact) mass is 427 g/mol. The van der Waals surface area contributed by atoms with Crippen molar-refractivity contribution >= 4 is 23.2 Å². The number of methoxy groups -OCH3 is 1. The summed E-state index contributed by atoms with van der Waals surface area (Å²) in [4.78, 5) is 37.7. The van der Waals surface area contributed by atoms with E-state index < -0.39 is 10.8 Å². The van der Waals surface area contributed by atoms with Crippen molar-refractivity contribution in [3.8, 4) is 11.5 Å². The lowest BCUT2D eigenvalue weighted by atomic mass is 10.1. The number of nitrogens with one attached hydrogen (secondary N) is 1. The minimum Gasteiger partial charge on any atom is -0.495 e. The number of nitro benzene ring substituents is 1. The van der Waals surface area contributed by atoms with E-state index in [1.165, 1.54) is 25.3 Å². The van der Waals surface area contributed by atoms with Crippen LogP contribution in [0.2, 0.25) is 0 Å². The van der Waals surface area contributed by atoms with Crippen LogP contribution >= 0.6 is 0 Å². The molecule has 3 rings (SSSR count). The largest absolute Gasteiger partial charge is 0.495 e. The normalized spacial score (nSPS) is 13.8. The van der Waals surface area contributed by atoms with Gasteiger partial charge in [0.05, 0.1) is 23.3 Å². The van der Waals surface area contributed by atoms with Crippen LogP contribution in [0, 0.1) is 10.1 Å². The number of amides is 2. The van der Waals surface area contributed by atoms with Crippen molar-refractivity contribution in [1.82, 2.24) is 4.90 Å². The molecule has 31 heavy (non-hydrogen) atoms. The van der Waals surface area contributed by atoms with E-state index in [-0.39, 0.29) is 41.0 Å². The molecule has 2 aromatic rings. The molecule has 1 aliphatic heterocycles. The third kappa shape index (κ3) is 5.71. The molecular formula is C22H25N3O6. The summed E-state index contributed by atoms with van der Waals surface area (Å²) in [5.41, 5.74) is 0.195. The number of carbonyl (C=O) groups is 2. The zero-order valence-corrected chi connectivity index (χ0v) is 17.3. The Morgan fingerprint density at radius 1 is 1.06 bits per heavy atom. The summed E-state index contributed by atoms with van der Waals surface area (Å²) >= 11 is 0. The number of benzene rings is 2. The summed E-state index contributed by atoms with van der Waals surface area (Å²) in [6.07, 6.45) is 4.20. The Morgan fingerprint density at radius 2 is 1.77 bits per heavy atom. The molecule has 0 bridgehead atoms. The van der Waals surface area contributed by atoms with Gasteiger partial charge in [-0.3, -0.25) is 19.7 Å². The molecule has 1 N–H and O–H groups in total. The van der Waals surface area contributed by atoms with Gasteiger partial charge in [0, 0.05) is 25.2 Å². The van der Waals surface area contributed by atoms with Crippen molar-refractivity contribution in [2.24, 2.45) is 0 Å². The Kier molecular flexibility index (Phi) is 7.42. The van der Waals surface area contributed by atoms with Crippen molar-refractivity contribution in [2.45, 2.75) is 25.7 Å². The van der Waals surface area contributed by atoms with E-state index in [1.807, 2.05) is 0 Å². The third-order valence-electron chi connectivity index (χ3n) is 5.08. The van der Waals surface area contributed by atoms with Crippen LogP contribution in [0.5, 0.6) is 11.5 Å². The smallest absolute Gasteiger partial charge is 0.271 e. The number of non-ortho nitro benzene ring substituents is 1. The van der Waals surface area contributed by atoms with E-state index in [9.17, 15) is 19.7 Å². The molecule has 0 aromatic heterocycles. The van der Waals surface area contributed by atoms with Crippen LogP contribution in [-0.2, 0) is 4.79 Å². The summed E-state index contributed by atoms with van der Waals surface area (Å²) in [6.45, 7) is 1.28. The van der Waals surface area contributed by atoms with Crippen molar-refractivity contribution in [3.63, 3.8) is 0 Å². The first kappa shape index (κ1) is 22.1. The number of carbonyl (C=O) groups excluding carboxylic acids is 2. The molecule has 2 amide bonds. The summed E-state index contributed by atoms with van der Waals surface area (Å²) in [7, 11) is 1.41. The molecule has 1 fully saturated rings. The molecule has 0 radical (unpaired) electrons. The number of ether oxygens (including phenoxy) is 2. The SMILES string of the molecule is COc1ccc([N+](=O)[O-])cc1NC(=O)c1ccccc1OCC(=O)N1CCCCCC1.